The number of imidazole rings is 1. The molecule has 1 aromatic carbocycles. The second-order valence-corrected chi connectivity index (χ2v) is 6.70. The highest BCUT2D eigenvalue weighted by atomic mass is 79.9. The van der Waals surface area contributed by atoms with E-state index in [4.69, 9.17) is 9.72 Å². The second-order valence-electron chi connectivity index (χ2n) is 6.70. The summed E-state index contributed by atoms with van der Waals surface area (Å²) in [6.07, 6.45) is 4.58. The number of halogens is 1. The van der Waals surface area contributed by atoms with Crippen LogP contribution in [0.4, 0.5) is 0 Å². The van der Waals surface area contributed by atoms with E-state index in [2.05, 4.69) is 63.7 Å². The molecular formula is C21H20BrN3O. The molecule has 0 N–H and O–H groups in total. The van der Waals surface area contributed by atoms with Crippen LogP contribution in [-0.2, 0) is 6.54 Å². The summed E-state index contributed by atoms with van der Waals surface area (Å²) in [5.74, 6) is 1.31. The Morgan fingerprint density at radius 2 is 1.88 bits per heavy atom. The van der Waals surface area contributed by atoms with E-state index in [1.54, 1.807) is 7.11 Å². The first-order valence-electron chi connectivity index (χ1n) is 8.76. The molecule has 0 atom stereocenters. The van der Waals surface area contributed by atoms with Crippen molar-refractivity contribution in [1.29, 1.82) is 0 Å². The van der Waals surface area contributed by atoms with Crippen molar-refractivity contribution >= 4 is 16.7 Å². The maximum absolute atomic E-state index is 5.71. The van der Waals surface area contributed by atoms with Gasteiger partial charge in [0.15, 0.2) is 5.52 Å². The second kappa shape index (κ2) is 6.72. The zero-order chi connectivity index (χ0) is 16.8. The normalized spacial score (nSPS) is 13.7. The quantitative estimate of drug-likeness (QED) is 0.464. The maximum atomic E-state index is 5.71. The molecule has 0 unspecified atom stereocenters. The summed E-state index contributed by atoms with van der Waals surface area (Å²) in [7, 11) is 1.72. The number of nitrogens with zero attached hydrogens (tertiary/aromatic N) is 3. The summed E-state index contributed by atoms with van der Waals surface area (Å²) < 4.78 is 10.3. The van der Waals surface area contributed by atoms with Crippen LogP contribution >= 0.6 is 0 Å². The minimum atomic E-state index is 0. The molecule has 0 amide bonds. The molecule has 1 saturated carbocycles. The van der Waals surface area contributed by atoms with Gasteiger partial charge in [-0.3, -0.25) is 0 Å². The molecule has 1 aliphatic carbocycles. The molecule has 0 bridgehead atoms. The van der Waals surface area contributed by atoms with Crippen LogP contribution in [0.15, 0.2) is 60.8 Å². The Hall–Kier alpha value is -2.40. The van der Waals surface area contributed by atoms with Crippen molar-refractivity contribution in [2.45, 2.75) is 25.3 Å². The van der Waals surface area contributed by atoms with Crippen LogP contribution in [-0.4, -0.2) is 16.5 Å². The molecule has 1 fully saturated rings. The predicted molar refractivity (Wildman–Crippen MR) is 97.0 cm³/mol. The molecule has 0 saturated heterocycles. The highest BCUT2D eigenvalue weighted by molar-refractivity contribution is 5.80. The number of benzene rings is 1. The first-order valence-corrected chi connectivity index (χ1v) is 8.76. The lowest BCUT2D eigenvalue weighted by Crippen LogP contribution is -3.00. The standard InChI is InChI=1S/C21H20N3O.BrH/c1-25-21-20-18(13-17(22-21)16-10-11-16)23-12-6-5-9-19(23)24(20)14-15-7-3-2-4-8-15;/h2-9,12-13,16H,10-11,14H2,1H3;1H/q+1;/p-1. The first-order chi connectivity index (χ1) is 12.3. The lowest BCUT2D eigenvalue weighted by molar-refractivity contribution is -0.636. The summed E-state index contributed by atoms with van der Waals surface area (Å²) in [4.78, 5) is 4.82. The highest BCUT2D eigenvalue weighted by Crippen LogP contribution is 2.41. The lowest BCUT2D eigenvalue weighted by atomic mass is 10.2. The fourth-order valence-electron chi connectivity index (χ4n) is 3.59. The van der Waals surface area contributed by atoms with Gasteiger partial charge in [-0.25, -0.2) is 9.55 Å². The Kier molecular flexibility index (Phi) is 4.41. The van der Waals surface area contributed by atoms with Gasteiger partial charge in [0, 0.05) is 18.1 Å². The molecule has 0 radical (unpaired) electrons. The van der Waals surface area contributed by atoms with Gasteiger partial charge in [0.2, 0.25) is 5.52 Å². The van der Waals surface area contributed by atoms with E-state index < -0.39 is 0 Å². The van der Waals surface area contributed by atoms with Crippen molar-refractivity contribution in [3.05, 3.63) is 72.1 Å². The molecule has 3 heterocycles. The minimum Gasteiger partial charge on any atom is -1.00 e. The van der Waals surface area contributed by atoms with Crippen LogP contribution in [0.5, 0.6) is 5.88 Å². The van der Waals surface area contributed by atoms with Crippen LogP contribution in [0.25, 0.3) is 16.7 Å². The van der Waals surface area contributed by atoms with Crippen molar-refractivity contribution < 1.29 is 26.3 Å². The van der Waals surface area contributed by atoms with E-state index in [1.165, 1.54) is 23.9 Å². The molecule has 3 aromatic heterocycles. The molecule has 0 aliphatic heterocycles. The average molecular weight is 410 g/mol. The molecule has 132 valence electrons. The van der Waals surface area contributed by atoms with Gasteiger partial charge in [0.05, 0.1) is 19.0 Å². The van der Waals surface area contributed by atoms with Gasteiger partial charge in [-0.2, -0.15) is 4.40 Å². The number of aromatic nitrogens is 3. The van der Waals surface area contributed by atoms with E-state index in [9.17, 15) is 0 Å². The fourth-order valence-corrected chi connectivity index (χ4v) is 3.59. The van der Waals surface area contributed by atoms with Gasteiger partial charge < -0.3 is 21.7 Å². The molecule has 0 spiro atoms. The van der Waals surface area contributed by atoms with Crippen molar-refractivity contribution in [2.24, 2.45) is 0 Å². The van der Waals surface area contributed by atoms with Gasteiger partial charge in [-0.05, 0) is 24.5 Å². The van der Waals surface area contributed by atoms with E-state index in [0.717, 1.165) is 29.3 Å². The van der Waals surface area contributed by atoms with E-state index in [0.29, 0.717) is 5.92 Å². The Balaban J connectivity index is 0.00000168. The third kappa shape index (κ3) is 2.76. The van der Waals surface area contributed by atoms with Crippen LogP contribution < -0.4 is 26.3 Å². The number of hydrogen-bond acceptors (Lipinski definition) is 2. The van der Waals surface area contributed by atoms with Crippen LogP contribution in [0.3, 0.4) is 0 Å². The molecule has 5 heteroatoms. The lowest BCUT2D eigenvalue weighted by Gasteiger charge is -2.05. The Labute approximate surface area is 162 Å². The van der Waals surface area contributed by atoms with E-state index >= 15 is 0 Å². The monoisotopic (exact) mass is 409 g/mol. The Morgan fingerprint density at radius 1 is 1.12 bits per heavy atom. The number of hydrogen-bond donors (Lipinski definition) is 0. The zero-order valence-corrected chi connectivity index (χ0v) is 16.2. The fraction of sp³-hybridized carbons (Fsp3) is 0.238. The molecule has 4 nitrogen and oxygen atoms in total. The first kappa shape index (κ1) is 17.0. The van der Waals surface area contributed by atoms with Gasteiger partial charge in [0.25, 0.3) is 11.5 Å². The highest BCUT2D eigenvalue weighted by Gasteiger charge is 2.30. The molecule has 1 aliphatic rings. The topological polar surface area (TPSA) is 30.4 Å². The van der Waals surface area contributed by atoms with Crippen molar-refractivity contribution in [3.63, 3.8) is 0 Å². The van der Waals surface area contributed by atoms with Crippen LogP contribution in [0.1, 0.15) is 30.0 Å². The molecule has 4 aromatic rings. The number of methoxy groups -OCH3 is 1. The summed E-state index contributed by atoms with van der Waals surface area (Å²) in [6, 6.07) is 19.1. The zero-order valence-electron chi connectivity index (χ0n) is 14.6. The van der Waals surface area contributed by atoms with Gasteiger partial charge >= 0.3 is 0 Å². The summed E-state index contributed by atoms with van der Waals surface area (Å²) in [6.45, 7) is 0.790. The number of rotatable bonds is 4. The molecular weight excluding hydrogens is 390 g/mol. The Bertz CT molecular complexity index is 1070. The molecule has 5 rings (SSSR count). The average Bonchev–Trinajstić information content (AvgIpc) is 3.47. The van der Waals surface area contributed by atoms with E-state index in [-0.39, 0.29) is 17.0 Å². The number of pyridine rings is 2. The van der Waals surface area contributed by atoms with Crippen molar-refractivity contribution in [2.75, 3.05) is 7.11 Å². The van der Waals surface area contributed by atoms with Crippen molar-refractivity contribution in [3.8, 4) is 5.88 Å². The SMILES string of the molecule is COc1nc(C2CC2)cc2c1[n+](Cc1ccccc1)c1ccccn21.[Br-]. The van der Waals surface area contributed by atoms with Crippen LogP contribution in [0, 0.1) is 0 Å². The van der Waals surface area contributed by atoms with Crippen LogP contribution in [0.2, 0.25) is 0 Å². The maximum Gasteiger partial charge on any atom is 0.287 e. The van der Waals surface area contributed by atoms with Gasteiger partial charge in [-0.15, -0.1) is 0 Å². The van der Waals surface area contributed by atoms with Gasteiger partial charge in [0.1, 0.15) is 6.54 Å². The number of ether oxygens (including phenoxy) is 1. The largest absolute Gasteiger partial charge is 1.00 e. The third-order valence-corrected chi connectivity index (χ3v) is 4.98. The predicted octanol–water partition coefficient (Wildman–Crippen LogP) is 0.713. The smallest absolute Gasteiger partial charge is 0.287 e. The van der Waals surface area contributed by atoms with Crippen molar-refractivity contribution in [1.82, 2.24) is 9.38 Å². The summed E-state index contributed by atoms with van der Waals surface area (Å²) >= 11 is 0. The molecule has 26 heavy (non-hydrogen) atoms. The Morgan fingerprint density at radius 3 is 2.62 bits per heavy atom. The summed E-state index contributed by atoms with van der Waals surface area (Å²) in [5.41, 5.74) is 5.79. The van der Waals surface area contributed by atoms with Gasteiger partial charge in [-0.1, -0.05) is 36.4 Å². The minimum absolute atomic E-state index is 0. The van der Waals surface area contributed by atoms with E-state index in [1.807, 2.05) is 6.07 Å². The third-order valence-electron chi connectivity index (χ3n) is 4.98. The number of fused-ring (bicyclic) bond motifs is 3. The summed E-state index contributed by atoms with van der Waals surface area (Å²) in [5, 5.41) is 0.